The lowest BCUT2D eigenvalue weighted by molar-refractivity contribution is 0.0993. The van der Waals surface area contributed by atoms with Gasteiger partial charge < -0.3 is 9.64 Å². The fraction of sp³-hybridized carbons (Fsp3) is 0.174. The molecular formula is C23H19Cl2N3O2. The van der Waals surface area contributed by atoms with Crippen molar-refractivity contribution in [2.45, 2.75) is 20.0 Å². The number of ether oxygens (including phenoxy) is 1. The number of hydrogen-bond donors (Lipinski definition) is 0. The second-order valence-electron chi connectivity index (χ2n) is 6.80. The molecule has 1 amide bonds. The van der Waals surface area contributed by atoms with Gasteiger partial charge in [-0.2, -0.15) is 4.99 Å². The Balaban J connectivity index is 1.74. The third-order valence-electron chi connectivity index (χ3n) is 4.80. The monoisotopic (exact) mass is 439 g/mol. The standard InChI is InChI=1S/C23H19Cl2N3O2/c1-2-30-23(27-22(29)17-11-20(24)26-21(25)12-17)28-13-15-7-3-5-9-18(15)19-10-6-4-8-16(19)14-28/h3-12H,2,13-14H2,1H3. The minimum absolute atomic E-state index is 0.136. The molecule has 7 heteroatoms. The molecule has 0 radical (unpaired) electrons. The second kappa shape index (κ2) is 8.86. The summed E-state index contributed by atoms with van der Waals surface area (Å²) in [4.78, 5) is 22.9. The van der Waals surface area contributed by atoms with Crippen molar-refractivity contribution in [2.24, 2.45) is 4.99 Å². The summed E-state index contributed by atoms with van der Waals surface area (Å²) in [6, 6.07) is 19.6. The number of nitrogens with zero attached hydrogens (tertiary/aromatic N) is 3. The predicted octanol–water partition coefficient (Wildman–Crippen LogP) is 5.60. The van der Waals surface area contributed by atoms with E-state index in [9.17, 15) is 4.79 Å². The summed E-state index contributed by atoms with van der Waals surface area (Å²) in [6.07, 6.45) is 0. The number of hydrogen-bond acceptors (Lipinski definition) is 3. The molecule has 0 atom stereocenters. The molecular weight excluding hydrogens is 421 g/mol. The summed E-state index contributed by atoms with van der Waals surface area (Å²) in [5.41, 5.74) is 4.87. The fourth-order valence-electron chi connectivity index (χ4n) is 3.51. The zero-order chi connectivity index (χ0) is 21.1. The van der Waals surface area contributed by atoms with Crippen molar-refractivity contribution in [1.29, 1.82) is 0 Å². The molecule has 0 fully saturated rings. The van der Waals surface area contributed by atoms with E-state index < -0.39 is 5.91 Å². The van der Waals surface area contributed by atoms with Crippen LogP contribution in [0.25, 0.3) is 11.1 Å². The summed E-state index contributed by atoms with van der Waals surface area (Å²) >= 11 is 11.9. The van der Waals surface area contributed by atoms with Crippen LogP contribution < -0.4 is 0 Å². The van der Waals surface area contributed by atoms with Crippen LogP contribution in [0.15, 0.2) is 65.7 Å². The van der Waals surface area contributed by atoms with Crippen LogP contribution >= 0.6 is 23.2 Å². The largest absolute Gasteiger partial charge is 0.465 e. The van der Waals surface area contributed by atoms with Crippen LogP contribution in [0.5, 0.6) is 0 Å². The SMILES string of the molecule is CCOC(=NC(=O)c1cc(Cl)nc(Cl)c1)N1Cc2ccccc2-c2ccccc2C1. The van der Waals surface area contributed by atoms with Crippen molar-refractivity contribution in [3.63, 3.8) is 0 Å². The molecule has 30 heavy (non-hydrogen) atoms. The van der Waals surface area contributed by atoms with E-state index in [1.165, 1.54) is 23.3 Å². The maximum Gasteiger partial charge on any atom is 0.296 e. The minimum Gasteiger partial charge on any atom is -0.465 e. The molecule has 0 spiro atoms. The molecule has 152 valence electrons. The van der Waals surface area contributed by atoms with Crippen LogP contribution in [0.2, 0.25) is 10.3 Å². The molecule has 2 aromatic carbocycles. The highest BCUT2D eigenvalue weighted by atomic mass is 35.5. The van der Waals surface area contributed by atoms with Gasteiger partial charge in [0, 0.05) is 18.7 Å². The van der Waals surface area contributed by atoms with E-state index in [1.807, 2.05) is 36.1 Å². The van der Waals surface area contributed by atoms with E-state index in [4.69, 9.17) is 27.9 Å². The number of pyridine rings is 1. The number of amides is 1. The number of carbonyl (C=O) groups excluding carboxylic acids is 1. The van der Waals surface area contributed by atoms with Crippen molar-refractivity contribution in [3.8, 4) is 11.1 Å². The molecule has 3 aromatic rings. The predicted molar refractivity (Wildman–Crippen MR) is 119 cm³/mol. The van der Waals surface area contributed by atoms with Gasteiger partial charge in [0.25, 0.3) is 11.9 Å². The Morgan fingerprint density at radius 1 is 1.00 bits per heavy atom. The maximum absolute atomic E-state index is 12.8. The summed E-state index contributed by atoms with van der Waals surface area (Å²) in [6.45, 7) is 3.37. The summed E-state index contributed by atoms with van der Waals surface area (Å²) in [5.74, 6) is -0.490. The highest BCUT2D eigenvalue weighted by molar-refractivity contribution is 6.33. The lowest BCUT2D eigenvalue weighted by atomic mass is 9.97. The second-order valence-corrected chi connectivity index (χ2v) is 7.58. The first kappa shape index (κ1) is 20.4. The lowest BCUT2D eigenvalue weighted by Gasteiger charge is -2.24. The van der Waals surface area contributed by atoms with E-state index in [1.54, 1.807) is 0 Å². The topological polar surface area (TPSA) is 54.8 Å². The van der Waals surface area contributed by atoms with E-state index >= 15 is 0 Å². The summed E-state index contributed by atoms with van der Waals surface area (Å²) in [5, 5.41) is 0.272. The summed E-state index contributed by atoms with van der Waals surface area (Å²) < 4.78 is 5.79. The van der Waals surface area contributed by atoms with Gasteiger partial charge in [0.2, 0.25) is 0 Å². The Morgan fingerprint density at radius 2 is 1.53 bits per heavy atom. The normalized spacial score (nSPS) is 13.3. The van der Waals surface area contributed by atoms with E-state index in [0.717, 1.165) is 11.1 Å². The molecule has 1 aromatic heterocycles. The first-order valence-electron chi connectivity index (χ1n) is 9.55. The Kier molecular flexibility index (Phi) is 6.02. The van der Waals surface area contributed by atoms with Crippen molar-refractivity contribution in [2.75, 3.05) is 6.61 Å². The van der Waals surface area contributed by atoms with Crippen LogP contribution in [0, 0.1) is 0 Å². The average molecular weight is 440 g/mol. The van der Waals surface area contributed by atoms with E-state index in [-0.39, 0.29) is 21.9 Å². The zero-order valence-corrected chi connectivity index (χ0v) is 17.8. The third-order valence-corrected chi connectivity index (χ3v) is 5.19. The van der Waals surface area contributed by atoms with Gasteiger partial charge in [0.15, 0.2) is 0 Å². The van der Waals surface area contributed by atoms with Crippen LogP contribution in [-0.4, -0.2) is 28.4 Å². The van der Waals surface area contributed by atoms with Gasteiger partial charge in [-0.25, -0.2) is 4.98 Å². The summed E-state index contributed by atoms with van der Waals surface area (Å²) in [7, 11) is 0. The third kappa shape index (κ3) is 4.32. The molecule has 0 N–H and O–H groups in total. The Labute approximate surface area is 184 Å². The molecule has 0 unspecified atom stereocenters. The van der Waals surface area contributed by atoms with E-state index in [0.29, 0.717) is 19.7 Å². The number of aromatic nitrogens is 1. The van der Waals surface area contributed by atoms with Gasteiger partial charge in [0.1, 0.15) is 10.3 Å². The Hall–Kier alpha value is -2.89. The van der Waals surface area contributed by atoms with Crippen molar-refractivity contribution >= 4 is 35.1 Å². The smallest absolute Gasteiger partial charge is 0.296 e. The molecule has 4 rings (SSSR count). The molecule has 0 aliphatic carbocycles. The highest BCUT2D eigenvalue weighted by Crippen LogP contribution is 2.32. The van der Waals surface area contributed by atoms with Crippen LogP contribution in [-0.2, 0) is 17.8 Å². The number of amidine groups is 1. The minimum atomic E-state index is -0.490. The van der Waals surface area contributed by atoms with Crippen LogP contribution in [0.3, 0.4) is 0 Å². The number of aliphatic imine (C=N–C) groups is 1. The molecule has 0 saturated carbocycles. The van der Waals surface area contributed by atoms with Gasteiger partial charge in [-0.05, 0) is 41.3 Å². The van der Waals surface area contributed by atoms with Gasteiger partial charge in [-0.3, -0.25) is 4.79 Å². The van der Waals surface area contributed by atoms with Crippen LogP contribution in [0.1, 0.15) is 28.4 Å². The van der Waals surface area contributed by atoms with Gasteiger partial charge >= 0.3 is 0 Å². The van der Waals surface area contributed by atoms with Crippen molar-refractivity contribution in [1.82, 2.24) is 9.88 Å². The first-order chi connectivity index (χ1) is 14.5. The molecule has 5 nitrogen and oxygen atoms in total. The van der Waals surface area contributed by atoms with Gasteiger partial charge in [-0.15, -0.1) is 0 Å². The van der Waals surface area contributed by atoms with E-state index in [2.05, 4.69) is 34.2 Å². The van der Waals surface area contributed by atoms with Gasteiger partial charge in [-0.1, -0.05) is 71.7 Å². The number of carbonyl (C=O) groups is 1. The lowest BCUT2D eigenvalue weighted by Crippen LogP contribution is -2.32. The number of halogens is 2. The molecule has 1 aliphatic heterocycles. The van der Waals surface area contributed by atoms with Crippen molar-refractivity contribution < 1.29 is 9.53 Å². The number of rotatable bonds is 2. The number of fused-ring (bicyclic) bond motifs is 3. The van der Waals surface area contributed by atoms with Crippen molar-refractivity contribution in [3.05, 3.63) is 87.7 Å². The first-order valence-corrected chi connectivity index (χ1v) is 10.3. The highest BCUT2D eigenvalue weighted by Gasteiger charge is 2.23. The Bertz CT molecular complexity index is 1060. The molecule has 0 saturated heterocycles. The molecule has 0 bridgehead atoms. The zero-order valence-electron chi connectivity index (χ0n) is 16.3. The quantitative estimate of drug-likeness (QED) is 0.296. The molecule has 2 heterocycles. The van der Waals surface area contributed by atoms with Crippen LogP contribution in [0.4, 0.5) is 0 Å². The average Bonchev–Trinajstić information content (AvgIpc) is 2.89. The number of benzene rings is 2. The van der Waals surface area contributed by atoms with Gasteiger partial charge in [0.05, 0.1) is 6.61 Å². The maximum atomic E-state index is 12.8. The molecule has 1 aliphatic rings. The fourth-order valence-corrected chi connectivity index (χ4v) is 3.97. The Morgan fingerprint density at radius 3 is 2.07 bits per heavy atom.